The molecule has 0 unspecified atom stereocenters. The molecule has 2 N–H and O–H groups in total. The van der Waals surface area contributed by atoms with Crippen LogP contribution in [-0.2, 0) is 0 Å². The van der Waals surface area contributed by atoms with Gasteiger partial charge in [-0.3, -0.25) is 0 Å². The Hall–Kier alpha value is -2.01. The Morgan fingerprint density at radius 1 is 1.21 bits per heavy atom. The highest BCUT2D eigenvalue weighted by molar-refractivity contribution is 7.18. The van der Waals surface area contributed by atoms with Crippen LogP contribution in [0.25, 0.3) is 21.6 Å². The fraction of sp³-hybridized carbons (Fsp3) is 0.143. The molecule has 19 heavy (non-hydrogen) atoms. The molecule has 0 amide bonds. The second kappa shape index (κ2) is 4.28. The third-order valence-electron chi connectivity index (χ3n) is 2.98. The van der Waals surface area contributed by atoms with Gasteiger partial charge < -0.3 is 5.73 Å². The zero-order valence-corrected chi connectivity index (χ0v) is 11.4. The number of hydrogen-bond donors (Lipinski definition) is 1. The van der Waals surface area contributed by atoms with Gasteiger partial charge in [0.25, 0.3) is 0 Å². The molecule has 2 heterocycles. The van der Waals surface area contributed by atoms with E-state index in [9.17, 15) is 4.39 Å². The normalized spacial score (nSPS) is 11.1. The Bertz CT molecular complexity index is 780. The van der Waals surface area contributed by atoms with Crippen molar-refractivity contribution >= 4 is 27.4 Å². The summed E-state index contributed by atoms with van der Waals surface area (Å²) in [4.78, 5) is 10.5. The van der Waals surface area contributed by atoms with Gasteiger partial charge in [0.05, 0.1) is 10.9 Å². The topological polar surface area (TPSA) is 51.8 Å². The van der Waals surface area contributed by atoms with E-state index in [1.807, 2.05) is 13.0 Å². The summed E-state index contributed by atoms with van der Waals surface area (Å²) in [6.45, 7) is 3.70. The SMILES string of the molecule is Cc1cc2c(N)nc(-c3cccc(C)c3F)nc2s1. The molecule has 0 bridgehead atoms. The van der Waals surface area contributed by atoms with Crippen LogP contribution in [0.15, 0.2) is 24.3 Å². The summed E-state index contributed by atoms with van der Waals surface area (Å²) in [5.74, 6) is 0.438. The van der Waals surface area contributed by atoms with E-state index in [1.165, 1.54) is 11.3 Å². The van der Waals surface area contributed by atoms with E-state index in [2.05, 4.69) is 9.97 Å². The monoisotopic (exact) mass is 273 g/mol. The quantitative estimate of drug-likeness (QED) is 0.735. The van der Waals surface area contributed by atoms with Gasteiger partial charge in [0, 0.05) is 4.88 Å². The summed E-state index contributed by atoms with van der Waals surface area (Å²) < 4.78 is 14.1. The summed E-state index contributed by atoms with van der Waals surface area (Å²) in [6, 6.07) is 7.13. The molecule has 0 radical (unpaired) electrons. The lowest BCUT2D eigenvalue weighted by Gasteiger charge is -2.05. The third-order valence-corrected chi connectivity index (χ3v) is 3.92. The van der Waals surface area contributed by atoms with E-state index < -0.39 is 0 Å². The fourth-order valence-electron chi connectivity index (χ4n) is 2.00. The average Bonchev–Trinajstić information content (AvgIpc) is 2.74. The fourth-order valence-corrected chi connectivity index (χ4v) is 2.89. The zero-order valence-electron chi connectivity index (χ0n) is 10.6. The van der Waals surface area contributed by atoms with Gasteiger partial charge in [-0.25, -0.2) is 14.4 Å². The van der Waals surface area contributed by atoms with E-state index >= 15 is 0 Å². The molecule has 3 aromatic rings. The van der Waals surface area contributed by atoms with E-state index in [0.717, 1.165) is 15.1 Å². The number of thiophene rings is 1. The highest BCUT2D eigenvalue weighted by Crippen LogP contribution is 2.30. The molecular weight excluding hydrogens is 261 g/mol. The molecule has 0 aliphatic carbocycles. The summed E-state index contributed by atoms with van der Waals surface area (Å²) >= 11 is 1.53. The van der Waals surface area contributed by atoms with E-state index in [4.69, 9.17) is 5.73 Å². The van der Waals surface area contributed by atoms with Crippen LogP contribution in [0, 0.1) is 19.7 Å². The van der Waals surface area contributed by atoms with Crippen LogP contribution in [-0.4, -0.2) is 9.97 Å². The van der Waals surface area contributed by atoms with Crippen molar-refractivity contribution in [2.45, 2.75) is 13.8 Å². The number of nitrogens with two attached hydrogens (primary N) is 1. The molecular formula is C14H12FN3S. The van der Waals surface area contributed by atoms with Crippen molar-refractivity contribution in [3.8, 4) is 11.4 Å². The smallest absolute Gasteiger partial charge is 0.166 e. The van der Waals surface area contributed by atoms with Crippen LogP contribution in [0.5, 0.6) is 0 Å². The highest BCUT2D eigenvalue weighted by atomic mass is 32.1. The number of anilines is 1. The van der Waals surface area contributed by atoms with Crippen molar-refractivity contribution in [2.24, 2.45) is 0 Å². The number of benzene rings is 1. The van der Waals surface area contributed by atoms with Crippen molar-refractivity contribution in [3.05, 3.63) is 40.5 Å². The van der Waals surface area contributed by atoms with Crippen molar-refractivity contribution in [3.63, 3.8) is 0 Å². The first-order valence-corrected chi connectivity index (χ1v) is 6.67. The van der Waals surface area contributed by atoms with Crippen molar-refractivity contribution in [1.82, 2.24) is 9.97 Å². The number of halogens is 1. The molecule has 3 rings (SSSR count). The minimum atomic E-state index is -0.297. The Morgan fingerprint density at radius 2 is 2.00 bits per heavy atom. The number of hydrogen-bond acceptors (Lipinski definition) is 4. The first-order valence-electron chi connectivity index (χ1n) is 5.85. The predicted octanol–water partition coefficient (Wildman–Crippen LogP) is 3.70. The Kier molecular flexibility index (Phi) is 2.71. The second-order valence-corrected chi connectivity index (χ2v) is 5.68. The van der Waals surface area contributed by atoms with Crippen molar-refractivity contribution in [2.75, 3.05) is 5.73 Å². The zero-order chi connectivity index (χ0) is 13.6. The Morgan fingerprint density at radius 3 is 2.79 bits per heavy atom. The summed E-state index contributed by atoms with van der Waals surface area (Å²) in [5, 5.41) is 0.833. The largest absolute Gasteiger partial charge is 0.383 e. The standard InChI is InChI=1S/C14H12FN3S/c1-7-4-3-5-9(11(7)15)13-17-12(16)10-6-8(2)19-14(10)18-13/h3-6H,1-2H3,(H2,16,17,18). The van der Waals surface area contributed by atoms with Crippen LogP contribution in [0.2, 0.25) is 0 Å². The number of nitrogen functional groups attached to an aromatic ring is 1. The summed E-state index contributed by atoms with van der Waals surface area (Å²) in [5.41, 5.74) is 6.89. The van der Waals surface area contributed by atoms with E-state index in [-0.39, 0.29) is 5.82 Å². The maximum absolute atomic E-state index is 14.1. The van der Waals surface area contributed by atoms with Gasteiger partial charge in [-0.2, -0.15) is 0 Å². The molecule has 0 spiro atoms. The van der Waals surface area contributed by atoms with Crippen molar-refractivity contribution in [1.29, 1.82) is 0 Å². The van der Waals surface area contributed by atoms with Crippen LogP contribution < -0.4 is 5.73 Å². The second-order valence-electron chi connectivity index (χ2n) is 4.44. The van der Waals surface area contributed by atoms with Gasteiger partial charge in [0.1, 0.15) is 16.5 Å². The van der Waals surface area contributed by atoms with Gasteiger partial charge in [0.15, 0.2) is 5.82 Å². The number of aryl methyl sites for hydroxylation is 2. The Balaban J connectivity index is 2.28. The molecule has 0 fully saturated rings. The molecule has 0 aliphatic heterocycles. The summed E-state index contributed by atoms with van der Waals surface area (Å²) in [7, 11) is 0. The first kappa shape index (κ1) is 12.0. The molecule has 3 nitrogen and oxygen atoms in total. The Labute approximate surface area is 113 Å². The summed E-state index contributed by atoms with van der Waals surface area (Å²) in [6.07, 6.45) is 0. The van der Waals surface area contributed by atoms with Crippen LogP contribution in [0.1, 0.15) is 10.4 Å². The lowest BCUT2D eigenvalue weighted by atomic mass is 10.1. The minimum absolute atomic E-state index is 0.297. The van der Waals surface area contributed by atoms with E-state index in [1.54, 1.807) is 25.1 Å². The average molecular weight is 273 g/mol. The molecule has 0 saturated carbocycles. The lowest BCUT2D eigenvalue weighted by molar-refractivity contribution is 0.621. The van der Waals surface area contributed by atoms with Gasteiger partial charge in [-0.15, -0.1) is 11.3 Å². The molecule has 0 atom stereocenters. The van der Waals surface area contributed by atoms with Crippen molar-refractivity contribution < 1.29 is 4.39 Å². The first-order chi connectivity index (χ1) is 9.06. The van der Waals surface area contributed by atoms with E-state index in [0.29, 0.717) is 22.8 Å². The molecule has 0 saturated heterocycles. The number of nitrogens with zero attached hydrogens (tertiary/aromatic N) is 2. The molecule has 0 aliphatic rings. The molecule has 2 aromatic heterocycles. The van der Waals surface area contributed by atoms with Crippen LogP contribution >= 0.6 is 11.3 Å². The minimum Gasteiger partial charge on any atom is -0.383 e. The van der Waals surface area contributed by atoms with Gasteiger partial charge in [0.2, 0.25) is 0 Å². The maximum Gasteiger partial charge on any atom is 0.166 e. The van der Waals surface area contributed by atoms with Gasteiger partial charge >= 0.3 is 0 Å². The van der Waals surface area contributed by atoms with Gasteiger partial charge in [-0.05, 0) is 31.5 Å². The van der Waals surface area contributed by atoms with Crippen LogP contribution in [0.4, 0.5) is 10.2 Å². The molecule has 96 valence electrons. The number of fused-ring (bicyclic) bond motifs is 1. The van der Waals surface area contributed by atoms with Gasteiger partial charge in [-0.1, -0.05) is 12.1 Å². The third kappa shape index (κ3) is 1.96. The molecule has 5 heteroatoms. The number of aromatic nitrogens is 2. The highest BCUT2D eigenvalue weighted by Gasteiger charge is 2.13. The molecule has 1 aromatic carbocycles. The lowest BCUT2D eigenvalue weighted by Crippen LogP contribution is -1.98. The number of rotatable bonds is 1. The predicted molar refractivity (Wildman–Crippen MR) is 76.7 cm³/mol. The van der Waals surface area contributed by atoms with Crippen LogP contribution in [0.3, 0.4) is 0 Å². The maximum atomic E-state index is 14.1.